The molecule has 2 aromatic rings. The van der Waals surface area contributed by atoms with Crippen molar-refractivity contribution in [2.24, 2.45) is 77.8 Å². The summed E-state index contributed by atoms with van der Waals surface area (Å²) in [5, 5.41) is 6.19. The number of nitrogens with one attached hydrogen (secondary N) is 2. The van der Waals surface area contributed by atoms with E-state index in [2.05, 4.69) is 320 Å². The first kappa shape index (κ1) is 113. The highest BCUT2D eigenvalue weighted by Crippen LogP contribution is 2.32. The van der Waals surface area contributed by atoms with Crippen LogP contribution in [-0.4, -0.2) is 234 Å². The zero-order valence-electron chi connectivity index (χ0n) is 86.5. The van der Waals surface area contributed by atoms with Crippen molar-refractivity contribution in [2.75, 3.05) is 171 Å². The summed E-state index contributed by atoms with van der Waals surface area (Å²) in [6.45, 7) is 93.8. The first-order valence-electron chi connectivity index (χ1n) is 49.0. The minimum atomic E-state index is 0.144. The lowest BCUT2D eigenvalue weighted by Crippen LogP contribution is -2.49. The molecule has 17 nitrogen and oxygen atoms in total. The fraction of sp³-hybridized carbons (Fsp3) is 0.849. The number of carbonyl (C=O) groups excluding carboxylic acids is 4. The summed E-state index contributed by atoms with van der Waals surface area (Å²) in [6, 6.07) is 17.1. The van der Waals surface area contributed by atoms with Gasteiger partial charge in [-0.15, -0.1) is 0 Å². The number of unbranched alkanes of at least 4 members (excludes halogenated alkanes) is 1. The predicted octanol–water partition coefficient (Wildman–Crippen LogP) is 22.1. The summed E-state index contributed by atoms with van der Waals surface area (Å²) in [5.74, 6) is 4.31. The van der Waals surface area contributed by atoms with Crippen molar-refractivity contribution in [3.8, 4) is 11.5 Å². The van der Waals surface area contributed by atoms with Crippen LogP contribution in [0.25, 0.3) is 0 Å². The van der Waals surface area contributed by atoms with E-state index in [-0.39, 0.29) is 34.5 Å². The van der Waals surface area contributed by atoms with Gasteiger partial charge in [0.05, 0.1) is 19.8 Å². The maximum atomic E-state index is 12.9. The third-order valence-corrected chi connectivity index (χ3v) is 23.3. The minimum absolute atomic E-state index is 0.144. The number of benzene rings is 2. The van der Waals surface area contributed by atoms with Crippen LogP contribution in [0.2, 0.25) is 0 Å². The monoisotopic (exact) mass is 1720 g/mol. The summed E-state index contributed by atoms with van der Waals surface area (Å²) < 4.78 is 17.5. The van der Waals surface area contributed by atoms with Crippen LogP contribution >= 0.6 is 0 Å². The van der Waals surface area contributed by atoms with Gasteiger partial charge in [-0.05, 0) is 244 Å². The Bertz CT molecular complexity index is 3160. The highest BCUT2D eigenvalue weighted by molar-refractivity contribution is 5.80. The molecule has 0 spiro atoms. The van der Waals surface area contributed by atoms with Crippen molar-refractivity contribution in [1.29, 1.82) is 0 Å². The summed E-state index contributed by atoms with van der Waals surface area (Å²) in [5.41, 5.74) is 6.07. The smallest absolute Gasteiger partial charge is 0.225 e. The summed E-state index contributed by atoms with van der Waals surface area (Å²) >= 11 is 0. The first-order chi connectivity index (χ1) is 56.6. The zero-order chi connectivity index (χ0) is 92.9. The van der Waals surface area contributed by atoms with Crippen LogP contribution in [-0.2, 0) is 37.0 Å². The van der Waals surface area contributed by atoms with Gasteiger partial charge in [-0.2, -0.15) is 0 Å². The second kappa shape index (κ2) is 53.7. The molecular formula is C106H198N10O7. The Kier molecular flexibility index (Phi) is 49.3. The quantitative estimate of drug-likeness (QED) is 0.0642. The molecule has 0 bridgehead atoms. The molecule has 5 saturated heterocycles. The molecule has 17 heteroatoms. The molecule has 5 fully saturated rings. The van der Waals surface area contributed by atoms with Gasteiger partial charge < -0.3 is 59.1 Å². The standard InChI is InChI=1S/C24H45N3O2.C23H43N3O2.C21H37NO.C20H35NO.C18H38N2O/c1-23(2,3)12-7-21(28)25-17-19-8-15-27(16-9-19)22(29)20-10-13-26(14-11-20)18-24(4,5)6;1-22(2,3)11-7-20(27)24-15-18-8-14-26(16-18)21(28)19-9-12-25(13-10-19)17-23(4,5)6;1-20(2,3)14-8-9-15-23-19-12-10-18(11-13-19)16-22(7)17-21(4,5)6;1-19(2,3)13-8-14-22-18-11-9-17(10-12-18)15-21(7)16-20(4,5)6;1-17(2,3)8-7-14-21-15-13-19-9-11-20(12-10-19)16-18(4,5)6/h19-20H,7-18H2,1-6H3,(H,25,28);18-19H,7-17H2,1-6H3,(H,24,27);10-13H,8-9,14-17H2,1-7H3;9-12H,8,13-16H2,1-7H3;7-16H2,1-6H3. The molecule has 714 valence electrons. The molecule has 0 aliphatic carbocycles. The van der Waals surface area contributed by atoms with Gasteiger partial charge >= 0.3 is 0 Å². The van der Waals surface area contributed by atoms with Gasteiger partial charge in [0.25, 0.3) is 0 Å². The average molecular weight is 1720 g/mol. The van der Waals surface area contributed by atoms with E-state index in [9.17, 15) is 19.2 Å². The molecule has 5 heterocycles. The number of nitrogens with zero attached hydrogens (tertiary/aromatic N) is 8. The zero-order valence-corrected chi connectivity index (χ0v) is 86.5. The van der Waals surface area contributed by atoms with E-state index in [0.717, 1.165) is 213 Å². The third-order valence-electron chi connectivity index (χ3n) is 23.3. The lowest BCUT2D eigenvalue weighted by atomic mass is 9.90. The number of amides is 4. The van der Waals surface area contributed by atoms with E-state index in [1.165, 1.54) is 76.0 Å². The largest absolute Gasteiger partial charge is 0.494 e. The number of rotatable bonds is 34. The van der Waals surface area contributed by atoms with Crippen LogP contribution in [0.5, 0.6) is 11.5 Å². The van der Waals surface area contributed by atoms with Gasteiger partial charge in [0, 0.05) is 149 Å². The Morgan fingerprint density at radius 1 is 0.341 bits per heavy atom. The lowest BCUT2D eigenvalue weighted by molar-refractivity contribution is -0.139. The molecule has 5 aliphatic heterocycles. The number of likely N-dealkylation sites (tertiary alicyclic amines) is 4. The average Bonchev–Trinajstić information content (AvgIpc) is 1.78. The fourth-order valence-electron chi connectivity index (χ4n) is 17.1. The highest BCUT2D eigenvalue weighted by Gasteiger charge is 2.36. The van der Waals surface area contributed by atoms with Gasteiger partial charge in [0.2, 0.25) is 23.6 Å². The predicted molar refractivity (Wildman–Crippen MR) is 524 cm³/mol. The van der Waals surface area contributed by atoms with Gasteiger partial charge in [0.15, 0.2) is 0 Å². The van der Waals surface area contributed by atoms with Crippen molar-refractivity contribution in [2.45, 2.75) is 336 Å². The number of ether oxygens (including phenoxy) is 3. The Morgan fingerprint density at radius 2 is 0.667 bits per heavy atom. The fourth-order valence-corrected chi connectivity index (χ4v) is 17.1. The summed E-state index contributed by atoms with van der Waals surface area (Å²) in [7, 11) is 4.37. The number of piperazine rings is 1. The molecule has 2 aromatic carbocycles. The first-order valence-corrected chi connectivity index (χ1v) is 49.0. The maximum Gasteiger partial charge on any atom is 0.225 e. The van der Waals surface area contributed by atoms with Gasteiger partial charge in [-0.1, -0.05) is 232 Å². The van der Waals surface area contributed by atoms with Crippen molar-refractivity contribution in [1.82, 2.24) is 49.8 Å². The Hall–Kier alpha value is -4.36. The second-order valence-corrected chi connectivity index (χ2v) is 50.2. The molecular weight excluding hydrogens is 1530 g/mol. The van der Waals surface area contributed by atoms with E-state index in [4.69, 9.17) is 14.2 Å². The van der Waals surface area contributed by atoms with Gasteiger partial charge in [-0.3, -0.25) is 24.1 Å². The van der Waals surface area contributed by atoms with Crippen LogP contribution in [0.1, 0.15) is 334 Å². The SMILES string of the molecule is CC(C)(C)CCC(=O)NCC1CCN(C(=O)C2CCN(CC(C)(C)C)CC2)C1.CC(C)(C)CCC(=O)NCC1CCN(C(=O)C2CCN(CC(C)(C)C)CC2)CC1.CC(C)(C)CCCOCCN1CCN(CC(C)(C)C)CC1.CN(Cc1ccc(OCCCC(C)(C)C)cc1)CC(C)(C)C.CN(Cc1ccc(OCCCCC(C)(C)C)cc1)CC(C)(C)C. The molecule has 1 unspecified atom stereocenters. The van der Waals surface area contributed by atoms with Crippen LogP contribution in [0.4, 0.5) is 0 Å². The minimum Gasteiger partial charge on any atom is -0.494 e. The number of carbonyl (C=O) groups is 4. The van der Waals surface area contributed by atoms with Crippen LogP contribution < -0.4 is 20.1 Å². The molecule has 1 atom stereocenters. The van der Waals surface area contributed by atoms with Crippen molar-refractivity contribution in [3.63, 3.8) is 0 Å². The van der Waals surface area contributed by atoms with E-state index in [1.54, 1.807) is 0 Å². The Morgan fingerprint density at radius 3 is 1.04 bits per heavy atom. The lowest BCUT2D eigenvalue weighted by Gasteiger charge is -2.38. The van der Waals surface area contributed by atoms with Crippen molar-refractivity contribution >= 4 is 23.6 Å². The number of hydrogen-bond acceptors (Lipinski definition) is 13. The van der Waals surface area contributed by atoms with E-state index >= 15 is 0 Å². The molecule has 123 heavy (non-hydrogen) atoms. The molecule has 4 amide bonds. The van der Waals surface area contributed by atoms with Crippen molar-refractivity contribution < 1.29 is 33.4 Å². The number of piperidine rings is 3. The van der Waals surface area contributed by atoms with Crippen molar-refractivity contribution in [3.05, 3.63) is 59.7 Å². The summed E-state index contributed by atoms with van der Waals surface area (Å²) in [4.78, 5) is 69.0. The Labute approximate surface area is 759 Å². The van der Waals surface area contributed by atoms with E-state index in [0.29, 0.717) is 86.4 Å². The number of hydrogen-bond donors (Lipinski definition) is 2. The molecule has 0 saturated carbocycles. The third kappa shape index (κ3) is 59.5. The van der Waals surface area contributed by atoms with Crippen LogP contribution in [0, 0.1) is 77.8 Å². The molecule has 0 aromatic heterocycles. The van der Waals surface area contributed by atoms with Gasteiger partial charge in [0.1, 0.15) is 11.5 Å². The normalized spacial score (nSPS) is 17.9. The topological polar surface area (TPSA) is 146 Å². The molecule has 2 N–H and O–H groups in total. The molecule has 5 aliphatic rings. The Balaban J connectivity index is 0.000000399. The van der Waals surface area contributed by atoms with Crippen LogP contribution in [0.3, 0.4) is 0 Å². The molecule has 7 rings (SSSR count). The molecule has 0 radical (unpaired) electrons. The summed E-state index contributed by atoms with van der Waals surface area (Å²) in [6.07, 6.45) is 18.4. The van der Waals surface area contributed by atoms with E-state index < -0.39 is 0 Å². The second-order valence-electron chi connectivity index (χ2n) is 50.2. The van der Waals surface area contributed by atoms with E-state index in [1.807, 2.05) is 0 Å². The van der Waals surface area contributed by atoms with Crippen LogP contribution in [0.15, 0.2) is 48.5 Å². The van der Waals surface area contributed by atoms with Gasteiger partial charge in [-0.25, -0.2) is 0 Å². The highest BCUT2D eigenvalue weighted by atomic mass is 16.5. The maximum absolute atomic E-state index is 12.9.